The van der Waals surface area contributed by atoms with Crippen LogP contribution in [0.4, 0.5) is 0 Å². The molecule has 0 radical (unpaired) electrons. The number of rotatable bonds is 3. The molecule has 0 bridgehead atoms. The number of nitrogens with zero attached hydrogens (tertiary/aromatic N) is 1. The molecule has 0 saturated heterocycles. The van der Waals surface area contributed by atoms with Crippen LogP contribution in [0.15, 0.2) is 30.7 Å². The summed E-state index contributed by atoms with van der Waals surface area (Å²) in [6, 6.07) is 5.67. The van der Waals surface area contributed by atoms with Gasteiger partial charge in [-0.25, -0.2) is 4.98 Å². The first kappa shape index (κ1) is 11.0. The van der Waals surface area contributed by atoms with Crippen molar-refractivity contribution in [1.29, 1.82) is 0 Å². The minimum absolute atomic E-state index is 0.0209. The van der Waals surface area contributed by atoms with Gasteiger partial charge in [0.15, 0.2) is 5.78 Å². The van der Waals surface area contributed by atoms with Crippen LogP contribution in [-0.4, -0.2) is 22.9 Å². The van der Waals surface area contributed by atoms with Gasteiger partial charge in [0.05, 0.1) is 13.4 Å². The Morgan fingerprint density at radius 3 is 3.11 bits per heavy atom. The average Bonchev–Trinajstić information content (AvgIpc) is 2.99. The van der Waals surface area contributed by atoms with Gasteiger partial charge in [-0.2, -0.15) is 0 Å². The Kier molecular flexibility index (Phi) is 2.63. The highest BCUT2D eigenvalue weighted by atomic mass is 16.5. The van der Waals surface area contributed by atoms with Gasteiger partial charge in [-0.05, 0) is 36.6 Å². The summed E-state index contributed by atoms with van der Waals surface area (Å²) in [5, 5.41) is 0. The first-order valence-corrected chi connectivity index (χ1v) is 5.96. The molecule has 1 aromatic carbocycles. The van der Waals surface area contributed by atoms with E-state index in [-0.39, 0.29) is 11.7 Å². The number of fused-ring (bicyclic) bond motifs is 1. The van der Waals surface area contributed by atoms with Crippen LogP contribution < -0.4 is 4.74 Å². The number of carbonyl (C=O) groups excluding carboxylic acids is 1. The molecule has 0 aliphatic heterocycles. The van der Waals surface area contributed by atoms with Crippen molar-refractivity contribution in [2.45, 2.75) is 12.8 Å². The van der Waals surface area contributed by atoms with Gasteiger partial charge in [-0.3, -0.25) is 4.79 Å². The van der Waals surface area contributed by atoms with Crippen LogP contribution in [0.5, 0.6) is 5.75 Å². The van der Waals surface area contributed by atoms with Gasteiger partial charge in [0.2, 0.25) is 0 Å². The highest BCUT2D eigenvalue weighted by Gasteiger charge is 2.30. The molecule has 0 fully saturated rings. The number of ether oxygens (including phenoxy) is 1. The van der Waals surface area contributed by atoms with Gasteiger partial charge in [-0.15, -0.1) is 0 Å². The zero-order valence-corrected chi connectivity index (χ0v) is 10.1. The van der Waals surface area contributed by atoms with Crippen molar-refractivity contribution in [3.05, 3.63) is 47.5 Å². The predicted octanol–water partition coefficient (Wildman–Crippen LogP) is 2.02. The van der Waals surface area contributed by atoms with Gasteiger partial charge in [0.1, 0.15) is 5.75 Å². The van der Waals surface area contributed by atoms with E-state index in [0.29, 0.717) is 0 Å². The zero-order valence-electron chi connectivity index (χ0n) is 10.1. The summed E-state index contributed by atoms with van der Waals surface area (Å²) in [4.78, 5) is 19.3. The number of Topliss-reactive ketones (excluding diaryl/α,β-unsaturated/α-hetero) is 1. The number of hydrogen-bond acceptors (Lipinski definition) is 3. The third-order valence-corrected chi connectivity index (χ3v) is 3.44. The van der Waals surface area contributed by atoms with E-state index in [1.807, 2.05) is 18.2 Å². The summed E-state index contributed by atoms with van der Waals surface area (Å²) < 4.78 is 5.19. The predicted molar refractivity (Wildman–Crippen MR) is 66.8 cm³/mol. The molecule has 0 saturated carbocycles. The van der Waals surface area contributed by atoms with Crippen LogP contribution >= 0.6 is 0 Å². The molecular weight excluding hydrogens is 228 g/mol. The topological polar surface area (TPSA) is 55.0 Å². The largest absolute Gasteiger partial charge is 0.497 e. The monoisotopic (exact) mass is 242 g/mol. The smallest absolute Gasteiger partial charge is 0.166 e. The first-order chi connectivity index (χ1) is 8.78. The Balaban J connectivity index is 1.84. The van der Waals surface area contributed by atoms with Gasteiger partial charge >= 0.3 is 0 Å². The van der Waals surface area contributed by atoms with Gasteiger partial charge in [0.25, 0.3) is 0 Å². The van der Waals surface area contributed by atoms with Crippen molar-refractivity contribution in [3.63, 3.8) is 0 Å². The number of benzene rings is 1. The molecule has 1 aliphatic rings. The first-order valence-electron chi connectivity index (χ1n) is 5.96. The van der Waals surface area contributed by atoms with Crippen molar-refractivity contribution in [3.8, 4) is 5.75 Å². The van der Waals surface area contributed by atoms with Crippen molar-refractivity contribution < 1.29 is 9.53 Å². The van der Waals surface area contributed by atoms with Crippen molar-refractivity contribution >= 4 is 5.78 Å². The average molecular weight is 242 g/mol. The second-order valence-electron chi connectivity index (χ2n) is 4.57. The number of hydrogen-bond donors (Lipinski definition) is 1. The number of aromatic amines is 1. The second kappa shape index (κ2) is 4.29. The number of imidazole rings is 1. The van der Waals surface area contributed by atoms with Gasteiger partial charge in [0, 0.05) is 23.4 Å². The molecule has 2 aromatic rings. The Hall–Kier alpha value is -2.10. The quantitative estimate of drug-likeness (QED) is 0.895. The van der Waals surface area contributed by atoms with E-state index in [1.54, 1.807) is 19.6 Å². The number of ketones is 1. The van der Waals surface area contributed by atoms with Crippen LogP contribution in [0.2, 0.25) is 0 Å². The van der Waals surface area contributed by atoms with E-state index in [4.69, 9.17) is 4.74 Å². The van der Waals surface area contributed by atoms with E-state index in [0.717, 1.165) is 35.4 Å². The van der Waals surface area contributed by atoms with Gasteiger partial charge in [-0.1, -0.05) is 0 Å². The van der Waals surface area contributed by atoms with E-state index in [2.05, 4.69) is 9.97 Å². The summed E-state index contributed by atoms with van der Waals surface area (Å²) in [5.41, 5.74) is 2.93. The molecule has 0 spiro atoms. The van der Waals surface area contributed by atoms with E-state index >= 15 is 0 Å². The lowest BCUT2D eigenvalue weighted by Gasteiger charge is -2.04. The Morgan fingerprint density at radius 1 is 1.50 bits per heavy atom. The summed E-state index contributed by atoms with van der Waals surface area (Å²) >= 11 is 0. The highest BCUT2D eigenvalue weighted by Crippen LogP contribution is 2.31. The summed E-state index contributed by atoms with van der Waals surface area (Å²) in [6.07, 6.45) is 4.92. The fourth-order valence-electron chi connectivity index (χ4n) is 2.51. The molecule has 18 heavy (non-hydrogen) atoms. The van der Waals surface area contributed by atoms with Crippen molar-refractivity contribution in [1.82, 2.24) is 9.97 Å². The molecule has 1 N–H and O–H groups in total. The van der Waals surface area contributed by atoms with E-state index in [9.17, 15) is 4.79 Å². The maximum Gasteiger partial charge on any atom is 0.166 e. The van der Waals surface area contributed by atoms with E-state index in [1.165, 1.54) is 0 Å². The molecule has 1 heterocycles. The zero-order chi connectivity index (χ0) is 12.5. The summed E-state index contributed by atoms with van der Waals surface area (Å²) in [7, 11) is 1.64. The number of methoxy groups -OCH3 is 1. The molecule has 1 aromatic heterocycles. The summed E-state index contributed by atoms with van der Waals surface area (Å²) in [5.74, 6) is 1.05. The van der Waals surface area contributed by atoms with Crippen LogP contribution in [-0.2, 0) is 12.8 Å². The maximum absolute atomic E-state index is 12.2. The van der Waals surface area contributed by atoms with Crippen molar-refractivity contribution in [2.75, 3.05) is 7.11 Å². The Labute approximate surface area is 105 Å². The Morgan fingerprint density at radius 2 is 2.39 bits per heavy atom. The molecular formula is C14H14N2O2. The Bertz CT molecular complexity index is 575. The molecule has 1 unspecified atom stereocenters. The standard InChI is InChI=1S/C14H14N2O2/c1-18-12-2-3-13-9(6-12)4-10(14(13)17)5-11-7-15-8-16-11/h2-3,6-8,10H,4-5H2,1H3,(H,15,16). The number of nitrogens with one attached hydrogen (secondary N) is 1. The molecule has 1 atom stereocenters. The third kappa shape index (κ3) is 1.79. The fraction of sp³-hybridized carbons (Fsp3) is 0.286. The minimum atomic E-state index is 0.0209. The van der Waals surface area contributed by atoms with Crippen LogP contribution in [0.3, 0.4) is 0 Å². The molecule has 92 valence electrons. The molecule has 3 rings (SSSR count). The lowest BCUT2D eigenvalue weighted by molar-refractivity contribution is 0.0935. The van der Waals surface area contributed by atoms with E-state index < -0.39 is 0 Å². The maximum atomic E-state index is 12.2. The van der Waals surface area contributed by atoms with Crippen LogP contribution in [0.25, 0.3) is 0 Å². The third-order valence-electron chi connectivity index (χ3n) is 3.44. The molecule has 4 nitrogen and oxygen atoms in total. The fourth-order valence-corrected chi connectivity index (χ4v) is 2.51. The molecule has 1 aliphatic carbocycles. The van der Waals surface area contributed by atoms with Crippen LogP contribution in [0, 0.1) is 5.92 Å². The SMILES string of the molecule is COc1ccc2c(c1)CC(Cc1cnc[nH]1)C2=O. The second-order valence-corrected chi connectivity index (χ2v) is 4.57. The summed E-state index contributed by atoms with van der Waals surface area (Å²) in [6.45, 7) is 0. The number of H-pyrrole nitrogens is 1. The van der Waals surface area contributed by atoms with Crippen molar-refractivity contribution in [2.24, 2.45) is 5.92 Å². The molecule has 4 heteroatoms. The normalized spacial score (nSPS) is 17.8. The number of aromatic nitrogens is 2. The van der Waals surface area contributed by atoms with Gasteiger partial charge < -0.3 is 9.72 Å². The minimum Gasteiger partial charge on any atom is -0.497 e. The lowest BCUT2D eigenvalue weighted by atomic mass is 9.99. The number of carbonyl (C=O) groups is 1. The lowest BCUT2D eigenvalue weighted by Crippen LogP contribution is -2.12. The van der Waals surface area contributed by atoms with Crippen LogP contribution in [0.1, 0.15) is 21.6 Å². The highest BCUT2D eigenvalue weighted by molar-refractivity contribution is 6.02. The molecule has 0 amide bonds.